The van der Waals surface area contributed by atoms with Crippen molar-refractivity contribution in [2.45, 2.75) is 32.1 Å². The number of alkyl halides is 3. The minimum Gasteiger partial charge on any atom is -0.304 e. The van der Waals surface area contributed by atoms with Crippen molar-refractivity contribution in [2.24, 2.45) is 0 Å². The Hall–Kier alpha value is -1.33. The molecular formula is C15H16F3NS. The van der Waals surface area contributed by atoms with E-state index in [-0.39, 0.29) is 12.1 Å². The van der Waals surface area contributed by atoms with Crippen molar-refractivity contribution in [2.75, 3.05) is 0 Å². The molecule has 20 heavy (non-hydrogen) atoms. The Morgan fingerprint density at radius 2 is 1.55 bits per heavy atom. The van der Waals surface area contributed by atoms with Crippen molar-refractivity contribution in [1.29, 1.82) is 0 Å². The molecule has 0 aliphatic carbocycles. The predicted molar refractivity (Wildman–Crippen MR) is 75.7 cm³/mol. The van der Waals surface area contributed by atoms with E-state index in [9.17, 15) is 13.2 Å². The van der Waals surface area contributed by atoms with Crippen molar-refractivity contribution in [3.8, 4) is 0 Å². The molecular weight excluding hydrogens is 283 g/mol. The zero-order valence-corrected chi connectivity index (χ0v) is 12.1. The van der Waals surface area contributed by atoms with Gasteiger partial charge in [0.1, 0.15) is 0 Å². The molecule has 2 atom stereocenters. The highest BCUT2D eigenvalue weighted by Crippen LogP contribution is 2.30. The second-order valence-corrected chi connectivity index (χ2v) is 5.57. The molecule has 0 aliphatic rings. The molecule has 1 aromatic carbocycles. The summed E-state index contributed by atoms with van der Waals surface area (Å²) in [5.74, 6) is 0. The molecule has 0 aliphatic heterocycles. The third-order valence-electron chi connectivity index (χ3n) is 3.28. The van der Waals surface area contributed by atoms with Gasteiger partial charge in [-0.3, -0.25) is 0 Å². The van der Waals surface area contributed by atoms with Gasteiger partial charge in [-0.05, 0) is 53.9 Å². The smallest absolute Gasteiger partial charge is 0.304 e. The monoisotopic (exact) mass is 299 g/mol. The van der Waals surface area contributed by atoms with E-state index in [0.29, 0.717) is 0 Å². The molecule has 1 nitrogen and oxygen atoms in total. The first-order valence-electron chi connectivity index (χ1n) is 6.33. The SMILES string of the molecule is CC(NC(C)c1ccsc1)c1ccc(C(F)(F)F)cc1. The van der Waals surface area contributed by atoms with Crippen LogP contribution in [0.3, 0.4) is 0 Å². The number of nitrogens with one attached hydrogen (secondary N) is 1. The highest BCUT2D eigenvalue weighted by molar-refractivity contribution is 7.07. The van der Waals surface area contributed by atoms with Crippen molar-refractivity contribution in [3.63, 3.8) is 0 Å². The minimum atomic E-state index is -4.28. The molecule has 0 fully saturated rings. The van der Waals surface area contributed by atoms with Gasteiger partial charge >= 0.3 is 6.18 Å². The first kappa shape index (κ1) is 15.1. The van der Waals surface area contributed by atoms with E-state index in [1.165, 1.54) is 17.7 Å². The Morgan fingerprint density at radius 1 is 0.950 bits per heavy atom. The molecule has 108 valence electrons. The molecule has 2 aromatic rings. The van der Waals surface area contributed by atoms with Crippen LogP contribution in [0.5, 0.6) is 0 Å². The van der Waals surface area contributed by atoms with Gasteiger partial charge in [0.2, 0.25) is 0 Å². The summed E-state index contributed by atoms with van der Waals surface area (Å²) in [5, 5.41) is 7.46. The summed E-state index contributed by atoms with van der Waals surface area (Å²) in [6.45, 7) is 3.99. The third kappa shape index (κ3) is 3.61. The van der Waals surface area contributed by atoms with Gasteiger partial charge in [0.05, 0.1) is 5.56 Å². The molecule has 2 unspecified atom stereocenters. The molecule has 1 N–H and O–H groups in total. The van der Waals surface area contributed by atoms with Gasteiger partial charge in [0, 0.05) is 12.1 Å². The average Bonchev–Trinajstić information content (AvgIpc) is 2.91. The topological polar surface area (TPSA) is 12.0 Å². The van der Waals surface area contributed by atoms with Crippen molar-refractivity contribution < 1.29 is 13.2 Å². The van der Waals surface area contributed by atoms with Crippen LogP contribution < -0.4 is 5.32 Å². The zero-order valence-electron chi connectivity index (χ0n) is 11.2. The molecule has 0 spiro atoms. The second kappa shape index (κ2) is 5.97. The van der Waals surface area contributed by atoms with Crippen LogP contribution >= 0.6 is 11.3 Å². The lowest BCUT2D eigenvalue weighted by Crippen LogP contribution is -2.22. The van der Waals surface area contributed by atoms with Gasteiger partial charge in [-0.1, -0.05) is 12.1 Å². The van der Waals surface area contributed by atoms with Crippen molar-refractivity contribution in [3.05, 3.63) is 57.8 Å². The summed E-state index contributed by atoms with van der Waals surface area (Å²) in [5.41, 5.74) is 1.42. The third-order valence-corrected chi connectivity index (χ3v) is 3.98. The van der Waals surface area contributed by atoms with Crippen LogP contribution in [0.2, 0.25) is 0 Å². The molecule has 0 saturated carbocycles. The molecule has 5 heteroatoms. The Balaban J connectivity index is 2.04. The van der Waals surface area contributed by atoms with Gasteiger partial charge < -0.3 is 5.32 Å². The Bertz CT molecular complexity index is 531. The summed E-state index contributed by atoms with van der Waals surface area (Å²) >= 11 is 1.63. The lowest BCUT2D eigenvalue weighted by molar-refractivity contribution is -0.137. The fourth-order valence-electron chi connectivity index (χ4n) is 2.05. The van der Waals surface area contributed by atoms with E-state index in [2.05, 4.69) is 10.7 Å². The summed E-state index contributed by atoms with van der Waals surface area (Å²) in [6, 6.07) is 7.51. The molecule has 0 radical (unpaired) electrons. The number of hydrogen-bond donors (Lipinski definition) is 1. The molecule has 1 heterocycles. The van der Waals surface area contributed by atoms with Gasteiger partial charge in [-0.2, -0.15) is 24.5 Å². The van der Waals surface area contributed by atoms with E-state index in [1.807, 2.05) is 25.3 Å². The van der Waals surface area contributed by atoms with E-state index in [1.54, 1.807) is 11.3 Å². The van der Waals surface area contributed by atoms with E-state index in [4.69, 9.17) is 0 Å². The van der Waals surface area contributed by atoms with Gasteiger partial charge in [-0.15, -0.1) is 0 Å². The lowest BCUT2D eigenvalue weighted by atomic mass is 10.0. The number of benzene rings is 1. The van der Waals surface area contributed by atoms with Gasteiger partial charge in [0.15, 0.2) is 0 Å². The molecule has 0 saturated heterocycles. The highest BCUT2D eigenvalue weighted by Gasteiger charge is 2.30. The Labute approximate surface area is 120 Å². The Morgan fingerprint density at radius 3 is 2.05 bits per heavy atom. The van der Waals surface area contributed by atoms with Crippen LogP contribution in [0, 0.1) is 0 Å². The van der Waals surface area contributed by atoms with Crippen LogP contribution in [-0.4, -0.2) is 0 Å². The minimum absolute atomic E-state index is 0.00724. The summed E-state index contributed by atoms with van der Waals surface area (Å²) < 4.78 is 37.5. The highest BCUT2D eigenvalue weighted by atomic mass is 32.1. The number of hydrogen-bond acceptors (Lipinski definition) is 2. The largest absolute Gasteiger partial charge is 0.416 e. The zero-order chi connectivity index (χ0) is 14.8. The maximum absolute atomic E-state index is 12.5. The normalized spacial score (nSPS) is 15.1. The number of rotatable bonds is 4. The summed E-state index contributed by atoms with van der Waals surface area (Å²) in [7, 11) is 0. The first-order valence-corrected chi connectivity index (χ1v) is 7.27. The summed E-state index contributed by atoms with van der Waals surface area (Å²) in [6.07, 6.45) is -4.28. The fraction of sp³-hybridized carbons (Fsp3) is 0.333. The van der Waals surface area contributed by atoms with E-state index < -0.39 is 11.7 Å². The molecule has 2 rings (SSSR count). The molecule has 1 aromatic heterocycles. The van der Waals surface area contributed by atoms with Crippen LogP contribution in [0.15, 0.2) is 41.1 Å². The number of halogens is 3. The van der Waals surface area contributed by atoms with Crippen LogP contribution in [0.25, 0.3) is 0 Å². The second-order valence-electron chi connectivity index (χ2n) is 4.79. The summed E-state index contributed by atoms with van der Waals surface area (Å²) in [4.78, 5) is 0. The van der Waals surface area contributed by atoms with Crippen molar-refractivity contribution in [1.82, 2.24) is 5.32 Å². The first-order chi connectivity index (χ1) is 9.38. The predicted octanol–water partition coefficient (Wildman–Crippen LogP) is 5.18. The molecule has 0 amide bonds. The fourth-order valence-corrected chi connectivity index (χ4v) is 2.80. The van der Waals surface area contributed by atoms with Crippen molar-refractivity contribution >= 4 is 11.3 Å². The average molecular weight is 299 g/mol. The quantitative estimate of drug-likeness (QED) is 0.820. The van der Waals surface area contributed by atoms with Gasteiger partial charge in [0.25, 0.3) is 0 Å². The van der Waals surface area contributed by atoms with Crippen LogP contribution in [0.1, 0.15) is 42.6 Å². The van der Waals surface area contributed by atoms with Crippen LogP contribution in [0.4, 0.5) is 13.2 Å². The Kier molecular flexibility index (Phi) is 4.50. The van der Waals surface area contributed by atoms with E-state index in [0.717, 1.165) is 17.7 Å². The maximum Gasteiger partial charge on any atom is 0.416 e. The number of thiophene rings is 1. The van der Waals surface area contributed by atoms with Gasteiger partial charge in [-0.25, -0.2) is 0 Å². The molecule has 0 bridgehead atoms. The lowest BCUT2D eigenvalue weighted by Gasteiger charge is -2.20. The maximum atomic E-state index is 12.5. The standard InChI is InChI=1S/C15H16F3NS/c1-10(19-11(2)13-7-8-20-9-13)12-3-5-14(6-4-12)15(16,17)18/h3-11,19H,1-2H3. The van der Waals surface area contributed by atoms with E-state index >= 15 is 0 Å². The van der Waals surface area contributed by atoms with Crippen LogP contribution in [-0.2, 0) is 6.18 Å².